The Morgan fingerprint density at radius 2 is 1.57 bits per heavy atom. The van der Waals surface area contributed by atoms with E-state index in [-0.39, 0.29) is 17.0 Å². The number of benzene rings is 2. The average molecular weight is 415 g/mol. The van der Waals surface area contributed by atoms with Crippen LogP contribution in [0.5, 0.6) is 0 Å². The van der Waals surface area contributed by atoms with Gasteiger partial charge in [0, 0.05) is 11.9 Å². The van der Waals surface area contributed by atoms with Crippen LogP contribution in [0.2, 0.25) is 0 Å². The molecule has 0 aromatic heterocycles. The molecule has 0 fully saturated rings. The van der Waals surface area contributed by atoms with Gasteiger partial charge in [-0.15, -0.1) is 0 Å². The SMILES string of the molecule is CS(=O)(=O)Cc1ccc(C(=O)OCC(=O)Nc2ccc(C(F)(F)F)cc2)cc1. The van der Waals surface area contributed by atoms with Crippen molar-refractivity contribution in [2.24, 2.45) is 0 Å². The molecule has 0 aliphatic rings. The normalized spacial score (nSPS) is 11.7. The maximum absolute atomic E-state index is 12.5. The first-order valence-corrected chi connectivity index (χ1v) is 9.91. The molecule has 2 aromatic rings. The summed E-state index contributed by atoms with van der Waals surface area (Å²) in [6, 6.07) is 9.47. The number of hydrogen-bond donors (Lipinski definition) is 1. The van der Waals surface area contributed by atoms with Gasteiger partial charge in [0.15, 0.2) is 16.4 Å². The van der Waals surface area contributed by atoms with Gasteiger partial charge in [0.1, 0.15) is 0 Å². The second kappa shape index (κ2) is 8.42. The molecule has 0 unspecified atom stereocenters. The second-order valence-corrected chi connectivity index (χ2v) is 8.11. The van der Waals surface area contributed by atoms with Gasteiger partial charge in [-0.05, 0) is 42.0 Å². The minimum absolute atomic E-state index is 0.124. The number of carbonyl (C=O) groups excluding carboxylic acids is 2. The minimum Gasteiger partial charge on any atom is -0.452 e. The van der Waals surface area contributed by atoms with E-state index in [1.165, 1.54) is 24.3 Å². The summed E-state index contributed by atoms with van der Waals surface area (Å²) in [7, 11) is -3.20. The highest BCUT2D eigenvalue weighted by molar-refractivity contribution is 7.89. The number of ether oxygens (including phenoxy) is 1. The molecule has 0 saturated heterocycles. The molecule has 2 rings (SSSR count). The Morgan fingerprint density at radius 3 is 2.07 bits per heavy atom. The van der Waals surface area contributed by atoms with Crippen LogP contribution >= 0.6 is 0 Å². The van der Waals surface area contributed by atoms with E-state index in [1.807, 2.05) is 0 Å². The number of anilines is 1. The lowest BCUT2D eigenvalue weighted by molar-refractivity contribution is -0.137. The van der Waals surface area contributed by atoms with E-state index in [9.17, 15) is 31.2 Å². The van der Waals surface area contributed by atoms with Crippen LogP contribution in [0.1, 0.15) is 21.5 Å². The maximum Gasteiger partial charge on any atom is 0.416 e. The topological polar surface area (TPSA) is 89.5 Å². The number of rotatable bonds is 6. The summed E-state index contributed by atoms with van der Waals surface area (Å²) < 4.78 is 64.7. The number of hydrogen-bond acceptors (Lipinski definition) is 5. The first-order chi connectivity index (χ1) is 12.9. The van der Waals surface area contributed by atoms with Crippen molar-refractivity contribution in [3.63, 3.8) is 0 Å². The molecule has 28 heavy (non-hydrogen) atoms. The van der Waals surface area contributed by atoms with E-state index >= 15 is 0 Å². The van der Waals surface area contributed by atoms with Crippen molar-refractivity contribution < 1.29 is 35.9 Å². The zero-order chi connectivity index (χ0) is 20.9. The molecule has 10 heteroatoms. The van der Waals surface area contributed by atoms with Crippen molar-refractivity contribution in [2.75, 3.05) is 18.2 Å². The van der Waals surface area contributed by atoms with E-state index < -0.39 is 40.1 Å². The number of carbonyl (C=O) groups is 2. The summed E-state index contributed by atoms with van der Waals surface area (Å²) in [5.41, 5.74) is -0.103. The molecule has 0 radical (unpaired) electrons. The molecule has 1 amide bonds. The summed E-state index contributed by atoms with van der Waals surface area (Å²) in [6.07, 6.45) is -3.39. The Morgan fingerprint density at radius 1 is 1.00 bits per heavy atom. The zero-order valence-corrected chi connectivity index (χ0v) is 15.4. The Bertz CT molecular complexity index is 952. The lowest BCUT2D eigenvalue weighted by atomic mass is 10.1. The highest BCUT2D eigenvalue weighted by Gasteiger charge is 2.30. The number of nitrogens with one attached hydrogen (secondary N) is 1. The van der Waals surface area contributed by atoms with Crippen LogP contribution in [0.4, 0.5) is 18.9 Å². The molecule has 1 N–H and O–H groups in total. The van der Waals surface area contributed by atoms with Gasteiger partial charge < -0.3 is 10.1 Å². The Labute approximate surface area is 159 Å². The van der Waals surface area contributed by atoms with Crippen LogP contribution in [0.3, 0.4) is 0 Å². The molecule has 0 aliphatic carbocycles. The molecule has 0 spiro atoms. The van der Waals surface area contributed by atoms with Gasteiger partial charge in [0.2, 0.25) is 0 Å². The molecule has 0 heterocycles. The Kier molecular flexibility index (Phi) is 6.45. The summed E-state index contributed by atoms with van der Waals surface area (Å²) in [4.78, 5) is 23.7. The van der Waals surface area contributed by atoms with E-state index in [1.54, 1.807) is 0 Å². The van der Waals surface area contributed by atoms with Crippen molar-refractivity contribution in [3.05, 3.63) is 65.2 Å². The van der Waals surface area contributed by atoms with Crippen LogP contribution < -0.4 is 5.32 Å². The molecule has 0 aliphatic heterocycles. The smallest absolute Gasteiger partial charge is 0.416 e. The number of alkyl halides is 3. The highest BCUT2D eigenvalue weighted by Crippen LogP contribution is 2.29. The molecule has 150 valence electrons. The minimum atomic E-state index is -4.48. The predicted molar refractivity (Wildman–Crippen MR) is 95.3 cm³/mol. The van der Waals surface area contributed by atoms with Crippen LogP contribution in [0, 0.1) is 0 Å². The summed E-state index contributed by atoms with van der Waals surface area (Å²) >= 11 is 0. The monoisotopic (exact) mass is 415 g/mol. The Balaban J connectivity index is 1.87. The first kappa shape index (κ1) is 21.4. The fraction of sp³-hybridized carbons (Fsp3) is 0.222. The standard InChI is InChI=1S/C18H16F3NO5S/c1-28(25,26)11-12-2-4-13(5-3-12)17(24)27-10-16(23)22-15-8-6-14(7-9-15)18(19,20)21/h2-9H,10-11H2,1H3,(H,22,23). The van der Waals surface area contributed by atoms with Gasteiger partial charge in [-0.2, -0.15) is 13.2 Å². The van der Waals surface area contributed by atoms with Gasteiger partial charge in [-0.25, -0.2) is 13.2 Å². The molecular formula is C18H16F3NO5S. The van der Waals surface area contributed by atoms with Gasteiger partial charge in [0.25, 0.3) is 5.91 Å². The van der Waals surface area contributed by atoms with Crippen molar-refractivity contribution >= 4 is 27.4 Å². The zero-order valence-electron chi connectivity index (χ0n) is 14.6. The molecule has 6 nitrogen and oxygen atoms in total. The van der Waals surface area contributed by atoms with E-state index in [4.69, 9.17) is 4.74 Å². The second-order valence-electron chi connectivity index (χ2n) is 5.97. The first-order valence-electron chi connectivity index (χ1n) is 7.85. The molecule has 0 bridgehead atoms. The third-order valence-electron chi connectivity index (χ3n) is 3.45. The summed E-state index contributed by atoms with van der Waals surface area (Å²) in [6.45, 7) is -0.634. The predicted octanol–water partition coefficient (Wildman–Crippen LogP) is 3.05. The number of sulfone groups is 1. The van der Waals surface area contributed by atoms with Crippen LogP contribution in [0.25, 0.3) is 0 Å². The average Bonchev–Trinajstić information content (AvgIpc) is 2.58. The van der Waals surface area contributed by atoms with Crippen LogP contribution in [-0.2, 0) is 31.3 Å². The summed E-state index contributed by atoms with van der Waals surface area (Å²) in [5.74, 6) is -1.69. The lowest BCUT2D eigenvalue weighted by Gasteiger charge is -2.09. The quantitative estimate of drug-likeness (QED) is 0.733. The van der Waals surface area contributed by atoms with Gasteiger partial charge >= 0.3 is 12.1 Å². The number of halogens is 3. The molecule has 0 atom stereocenters. The third kappa shape index (κ3) is 6.69. The molecule has 0 saturated carbocycles. The number of esters is 1. The van der Waals surface area contributed by atoms with Gasteiger partial charge in [-0.1, -0.05) is 12.1 Å². The lowest BCUT2D eigenvalue weighted by Crippen LogP contribution is -2.21. The largest absolute Gasteiger partial charge is 0.452 e. The highest BCUT2D eigenvalue weighted by atomic mass is 32.2. The number of amides is 1. The summed E-state index contributed by atoms with van der Waals surface area (Å²) in [5, 5.41) is 2.31. The maximum atomic E-state index is 12.5. The fourth-order valence-corrected chi connectivity index (χ4v) is 2.99. The van der Waals surface area contributed by atoms with E-state index in [0.29, 0.717) is 5.56 Å². The van der Waals surface area contributed by atoms with Crippen LogP contribution in [0.15, 0.2) is 48.5 Å². The molecular weight excluding hydrogens is 399 g/mol. The van der Waals surface area contributed by atoms with Crippen molar-refractivity contribution in [2.45, 2.75) is 11.9 Å². The molecule has 2 aromatic carbocycles. The third-order valence-corrected chi connectivity index (χ3v) is 4.31. The Hall–Kier alpha value is -2.88. The van der Waals surface area contributed by atoms with Crippen molar-refractivity contribution in [1.82, 2.24) is 0 Å². The van der Waals surface area contributed by atoms with E-state index in [2.05, 4.69) is 5.32 Å². The van der Waals surface area contributed by atoms with Gasteiger partial charge in [-0.3, -0.25) is 4.79 Å². The van der Waals surface area contributed by atoms with Crippen LogP contribution in [-0.4, -0.2) is 33.2 Å². The van der Waals surface area contributed by atoms with Gasteiger partial charge in [0.05, 0.1) is 16.9 Å². The fourth-order valence-electron chi connectivity index (χ4n) is 2.19. The van der Waals surface area contributed by atoms with E-state index in [0.717, 1.165) is 30.5 Å². The van der Waals surface area contributed by atoms with Crippen molar-refractivity contribution in [1.29, 1.82) is 0 Å². The van der Waals surface area contributed by atoms with Crippen molar-refractivity contribution in [3.8, 4) is 0 Å².